The third-order valence-electron chi connectivity index (χ3n) is 5.59. The molecule has 0 aliphatic heterocycles. The van der Waals surface area contributed by atoms with Crippen LogP contribution >= 0.6 is 15.9 Å². The number of aryl methyl sites for hydroxylation is 1. The lowest BCUT2D eigenvalue weighted by Crippen LogP contribution is -2.38. The lowest BCUT2D eigenvalue weighted by molar-refractivity contribution is 0.252. The predicted octanol–water partition coefficient (Wildman–Crippen LogP) is 7.80. The van der Waals surface area contributed by atoms with Gasteiger partial charge in [-0.3, -0.25) is 4.90 Å². The van der Waals surface area contributed by atoms with Crippen LogP contribution in [-0.2, 0) is 0 Å². The molecule has 8 heteroatoms. The first-order valence-electron chi connectivity index (χ1n) is 12.2. The number of ether oxygens (including phenoxy) is 1. The predicted molar refractivity (Wildman–Crippen MR) is 156 cm³/mol. The first kappa shape index (κ1) is 26.8. The SMILES string of the molecule is Cc1cccc(NC(=O)N(CCCNC(=O)Nc2ccc(Br)cc2)c2ccc(Oc3ccccc3)cc2)c1. The van der Waals surface area contributed by atoms with Gasteiger partial charge in [0.15, 0.2) is 0 Å². The Balaban J connectivity index is 1.39. The van der Waals surface area contributed by atoms with E-state index >= 15 is 0 Å². The van der Waals surface area contributed by atoms with Crippen molar-refractivity contribution in [3.05, 3.63) is 113 Å². The molecule has 0 saturated carbocycles. The average molecular weight is 573 g/mol. The Hall–Kier alpha value is -4.30. The second kappa shape index (κ2) is 13.3. The van der Waals surface area contributed by atoms with Crippen LogP contribution in [0.25, 0.3) is 0 Å². The number of amides is 4. The van der Waals surface area contributed by atoms with Gasteiger partial charge in [-0.1, -0.05) is 46.3 Å². The van der Waals surface area contributed by atoms with Gasteiger partial charge in [0.2, 0.25) is 0 Å². The summed E-state index contributed by atoms with van der Waals surface area (Å²) in [5.41, 5.74) is 3.19. The fourth-order valence-corrected chi connectivity index (χ4v) is 3.99. The number of para-hydroxylation sites is 1. The van der Waals surface area contributed by atoms with Crippen molar-refractivity contribution < 1.29 is 14.3 Å². The van der Waals surface area contributed by atoms with Gasteiger partial charge >= 0.3 is 12.1 Å². The normalized spacial score (nSPS) is 10.4. The Morgan fingerprint density at radius 2 is 1.50 bits per heavy atom. The molecule has 4 amide bonds. The van der Waals surface area contributed by atoms with Crippen molar-refractivity contribution in [1.29, 1.82) is 0 Å². The summed E-state index contributed by atoms with van der Waals surface area (Å²) in [6.07, 6.45) is 0.553. The lowest BCUT2D eigenvalue weighted by Gasteiger charge is -2.24. The molecule has 4 aromatic carbocycles. The topological polar surface area (TPSA) is 82.7 Å². The molecule has 0 radical (unpaired) electrons. The van der Waals surface area contributed by atoms with Crippen LogP contribution in [0, 0.1) is 6.92 Å². The first-order chi connectivity index (χ1) is 18.5. The minimum atomic E-state index is -0.300. The van der Waals surface area contributed by atoms with Gasteiger partial charge in [0.25, 0.3) is 0 Å². The number of carbonyl (C=O) groups is 2. The van der Waals surface area contributed by atoms with Crippen LogP contribution in [0.5, 0.6) is 11.5 Å². The van der Waals surface area contributed by atoms with Crippen molar-refractivity contribution in [1.82, 2.24) is 5.32 Å². The van der Waals surface area contributed by atoms with Gasteiger partial charge in [0.1, 0.15) is 11.5 Å². The average Bonchev–Trinajstić information content (AvgIpc) is 2.91. The molecule has 0 aromatic heterocycles. The maximum Gasteiger partial charge on any atom is 0.326 e. The molecule has 0 heterocycles. The van der Waals surface area contributed by atoms with Crippen LogP contribution in [-0.4, -0.2) is 25.2 Å². The zero-order valence-electron chi connectivity index (χ0n) is 21.0. The number of anilines is 3. The van der Waals surface area contributed by atoms with Crippen LogP contribution in [0.2, 0.25) is 0 Å². The highest BCUT2D eigenvalue weighted by atomic mass is 79.9. The zero-order chi connectivity index (χ0) is 26.7. The Labute approximate surface area is 231 Å². The largest absolute Gasteiger partial charge is 0.457 e. The highest BCUT2D eigenvalue weighted by Crippen LogP contribution is 2.25. The van der Waals surface area contributed by atoms with Crippen molar-refractivity contribution in [2.45, 2.75) is 13.3 Å². The van der Waals surface area contributed by atoms with Gasteiger partial charge in [-0.25, -0.2) is 9.59 Å². The second-order valence-corrected chi connectivity index (χ2v) is 9.52. The fraction of sp³-hybridized carbons (Fsp3) is 0.133. The molecule has 0 saturated heterocycles. The molecule has 0 atom stereocenters. The monoisotopic (exact) mass is 572 g/mol. The smallest absolute Gasteiger partial charge is 0.326 e. The molecule has 0 fully saturated rings. The molecule has 0 spiro atoms. The molecule has 0 aliphatic carbocycles. The number of urea groups is 2. The number of hydrogen-bond donors (Lipinski definition) is 3. The third-order valence-corrected chi connectivity index (χ3v) is 6.12. The van der Waals surface area contributed by atoms with Crippen molar-refractivity contribution in [3.63, 3.8) is 0 Å². The van der Waals surface area contributed by atoms with Crippen LogP contribution in [0.1, 0.15) is 12.0 Å². The van der Waals surface area contributed by atoms with Crippen LogP contribution in [0.3, 0.4) is 0 Å². The maximum atomic E-state index is 13.3. The number of rotatable bonds is 9. The van der Waals surface area contributed by atoms with Gasteiger partial charge in [0, 0.05) is 34.6 Å². The van der Waals surface area contributed by atoms with E-state index in [-0.39, 0.29) is 12.1 Å². The van der Waals surface area contributed by atoms with E-state index in [0.717, 1.165) is 27.2 Å². The van der Waals surface area contributed by atoms with Crippen LogP contribution < -0.4 is 25.6 Å². The summed E-state index contributed by atoms with van der Waals surface area (Å²) in [6.45, 7) is 2.77. The summed E-state index contributed by atoms with van der Waals surface area (Å²) in [5.74, 6) is 1.41. The minimum absolute atomic E-state index is 0.258. The highest BCUT2D eigenvalue weighted by molar-refractivity contribution is 9.10. The number of nitrogens with zero attached hydrogens (tertiary/aromatic N) is 1. The van der Waals surface area contributed by atoms with E-state index in [0.29, 0.717) is 30.9 Å². The van der Waals surface area contributed by atoms with E-state index in [2.05, 4.69) is 31.9 Å². The number of nitrogens with one attached hydrogen (secondary N) is 3. The molecule has 0 bridgehead atoms. The van der Waals surface area contributed by atoms with E-state index in [9.17, 15) is 9.59 Å². The summed E-state index contributed by atoms with van der Waals surface area (Å²) in [4.78, 5) is 27.2. The van der Waals surface area contributed by atoms with Crippen molar-refractivity contribution >= 4 is 45.1 Å². The van der Waals surface area contributed by atoms with Crippen LogP contribution in [0.15, 0.2) is 108 Å². The number of hydrogen-bond acceptors (Lipinski definition) is 3. The minimum Gasteiger partial charge on any atom is -0.457 e. The van der Waals surface area contributed by atoms with E-state index in [4.69, 9.17) is 4.74 Å². The summed E-state index contributed by atoms with van der Waals surface area (Å²) in [5, 5.41) is 8.62. The number of halogens is 1. The molecule has 38 heavy (non-hydrogen) atoms. The quantitative estimate of drug-likeness (QED) is 0.179. The maximum absolute atomic E-state index is 13.3. The van der Waals surface area contributed by atoms with Crippen molar-refractivity contribution in [2.75, 3.05) is 28.6 Å². The molecule has 3 N–H and O–H groups in total. The summed E-state index contributed by atoms with van der Waals surface area (Å²) >= 11 is 3.38. The lowest BCUT2D eigenvalue weighted by atomic mass is 10.2. The zero-order valence-corrected chi connectivity index (χ0v) is 22.6. The van der Waals surface area contributed by atoms with Crippen LogP contribution in [0.4, 0.5) is 26.7 Å². The van der Waals surface area contributed by atoms with Gasteiger partial charge in [-0.05, 0) is 91.7 Å². The highest BCUT2D eigenvalue weighted by Gasteiger charge is 2.16. The molecule has 4 aromatic rings. The molecule has 4 rings (SSSR count). The van der Waals surface area contributed by atoms with E-state index in [1.54, 1.807) is 4.90 Å². The number of carbonyl (C=O) groups excluding carboxylic acids is 2. The Morgan fingerprint density at radius 3 is 2.21 bits per heavy atom. The molecule has 0 unspecified atom stereocenters. The molecule has 194 valence electrons. The first-order valence-corrected chi connectivity index (χ1v) is 13.0. The van der Waals surface area contributed by atoms with Gasteiger partial charge < -0.3 is 20.7 Å². The summed E-state index contributed by atoms with van der Waals surface area (Å²) < 4.78 is 6.82. The van der Waals surface area contributed by atoms with E-state index < -0.39 is 0 Å². The van der Waals surface area contributed by atoms with E-state index in [1.807, 2.05) is 110 Å². The standard InChI is InChI=1S/C30H29BrN4O3/c1-22-7-5-8-25(21-22)34-30(37)35(20-6-19-32-29(36)33-24-13-11-23(31)12-14-24)26-15-17-28(18-16-26)38-27-9-3-2-4-10-27/h2-5,7-18,21H,6,19-20H2,1H3,(H,34,37)(H2,32,33,36). The van der Waals surface area contributed by atoms with Gasteiger partial charge in [-0.15, -0.1) is 0 Å². The van der Waals surface area contributed by atoms with Gasteiger partial charge in [-0.2, -0.15) is 0 Å². The molecular formula is C30H29BrN4O3. The summed E-state index contributed by atoms with van der Waals surface area (Å²) in [6, 6.07) is 31.3. The fourth-order valence-electron chi connectivity index (χ4n) is 3.73. The Kier molecular flexibility index (Phi) is 9.37. The summed E-state index contributed by atoms with van der Waals surface area (Å²) in [7, 11) is 0. The van der Waals surface area contributed by atoms with Crippen molar-refractivity contribution in [3.8, 4) is 11.5 Å². The molecule has 7 nitrogen and oxygen atoms in total. The Bertz CT molecular complexity index is 1350. The van der Waals surface area contributed by atoms with Crippen molar-refractivity contribution in [2.24, 2.45) is 0 Å². The third kappa shape index (κ3) is 8.11. The van der Waals surface area contributed by atoms with Gasteiger partial charge in [0.05, 0.1) is 0 Å². The Morgan fingerprint density at radius 1 is 0.789 bits per heavy atom. The van der Waals surface area contributed by atoms with E-state index in [1.165, 1.54) is 0 Å². The second-order valence-electron chi connectivity index (χ2n) is 8.60. The molecule has 0 aliphatic rings. The number of benzene rings is 4. The molecular weight excluding hydrogens is 544 g/mol.